The Morgan fingerprint density at radius 1 is 1.00 bits per heavy atom. The average molecular weight is 579 g/mol. The molecular weight excluding hydrogens is 555 g/mol. The summed E-state index contributed by atoms with van der Waals surface area (Å²) in [6.45, 7) is 5.67. The molecule has 40 heavy (non-hydrogen) atoms. The van der Waals surface area contributed by atoms with Crippen molar-refractivity contribution < 1.29 is 19.1 Å². The van der Waals surface area contributed by atoms with Gasteiger partial charge in [0.2, 0.25) is 5.88 Å². The monoisotopic (exact) mass is 578 g/mol. The first-order valence-electron chi connectivity index (χ1n) is 12.4. The highest BCUT2D eigenvalue weighted by Gasteiger charge is 2.64. The number of aromatic nitrogens is 4. The number of hydrogen-bond donors (Lipinski definition) is 1. The molecule has 6 rings (SSSR count). The molecule has 0 aliphatic carbocycles. The molecule has 2 amide bonds. The lowest BCUT2D eigenvalue weighted by Crippen LogP contribution is -2.51. The molecule has 1 atom stereocenters. The van der Waals surface area contributed by atoms with Crippen molar-refractivity contribution in [3.8, 4) is 23.0 Å². The van der Waals surface area contributed by atoms with Crippen molar-refractivity contribution in [2.24, 2.45) is 0 Å². The molecule has 5 heterocycles. The fourth-order valence-electron chi connectivity index (χ4n) is 5.59. The molecule has 2 aliphatic rings. The molecule has 12 heteroatoms. The topological polar surface area (TPSA) is 111 Å². The zero-order chi connectivity index (χ0) is 28.5. The Kier molecular flexibility index (Phi) is 6.01. The van der Waals surface area contributed by atoms with Crippen LogP contribution in [0.2, 0.25) is 10.0 Å². The first-order valence-corrected chi connectivity index (χ1v) is 13.2. The molecule has 1 spiro atoms. The van der Waals surface area contributed by atoms with E-state index in [-0.39, 0.29) is 11.7 Å². The van der Waals surface area contributed by atoms with Gasteiger partial charge in [0.15, 0.2) is 11.2 Å². The van der Waals surface area contributed by atoms with E-state index in [4.69, 9.17) is 37.7 Å². The van der Waals surface area contributed by atoms with Gasteiger partial charge in [-0.05, 0) is 39.0 Å². The number of carbonyl (C=O) groups excluding carboxylic acids is 2. The number of aryl methyl sites for hydroxylation is 1. The Labute approximate surface area is 239 Å². The van der Waals surface area contributed by atoms with Crippen LogP contribution in [0, 0.1) is 6.92 Å². The van der Waals surface area contributed by atoms with Crippen molar-refractivity contribution in [3.05, 3.63) is 75.4 Å². The number of halogens is 2. The normalized spacial score (nSPS) is 17.4. The summed E-state index contributed by atoms with van der Waals surface area (Å²) < 4.78 is 12.8. The van der Waals surface area contributed by atoms with Crippen molar-refractivity contribution >= 4 is 46.4 Å². The highest BCUT2D eigenvalue weighted by atomic mass is 35.5. The number of hydrogen-bond acceptors (Lipinski definition) is 7. The number of nitrogens with one attached hydrogen (secondary N) is 1. The minimum Gasteiger partial charge on any atom is -0.496 e. The highest BCUT2D eigenvalue weighted by Crippen LogP contribution is 2.55. The zero-order valence-corrected chi connectivity index (χ0v) is 23.8. The third kappa shape index (κ3) is 3.45. The second kappa shape index (κ2) is 9.21. The van der Waals surface area contributed by atoms with Crippen LogP contribution in [0.5, 0.6) is 11.6 Å². The van der Waals surface area contributed by atoms with Crippen molar-refractivity contribution in [1.29, 1.82) is 0 Å². The average Bonchev–Trinajstić information content (AvgIpc) is 3.53. The number of carbonyl (C=O) groups is 2. The second-order valence-corrected chi connectivity index (χ2v) is 10.6. The van der Waals surface area contributed by atoms with Gasteiger partial charge in [0.25, 0.3) is 11.8 Å². The summed E-state index contributed by atoms with van der Waals surface area (Å²) in [6, 6.07) is 8.16. The molecule has 204 valence electrons. The second-order valence-electron chi connectivity index (χ2n) is 9.78. The molecular formula is C28H24Cl2N6O4. The smallest absolute Gasteiger partial charge is 0.280 e. The van der Waals surface area contributed by atoms with Gasteiger partial charge in [0.05, 0.1) is 41.9 Å². The summed E-state index contributed by atoms with van der Waals surface area (Å²) in [5.41, 5.74) is 1.43. The summed E-state index contributed by atoms with van der Waals surface area (Å²) >= 11 is 12.7. The number of amides is 2. The number of benzene rings is 1. The van der Waals surface area contributed by atoms with Gasteiger partial charge in [0.1, 0.15) is 11.6 Å². The van der Waals surface area contributed by atoms with E-state index in [1.54, 1.807) is 43.5 Å². The summed E-state index contributed by atoms with van der Waals surface area (Å²) in [4.78, 5) is 43.7. The van der Waals surface area contributed by atoms with Gasteiger partial charge >= 0.3 is 0 Å². The molecule has 0 bridgehead atoms. The largest absolute Gasteiger partial charge is 0.496 e. The van der Waals surface area contributed by atoms with Crippen molar-refractivity contribution in [3.63, 3.8) is 0 Å². The maximum Gasteiger partial charge on any atom is 0.280 e. The third-order valence-electron chi connectivity index (χ3n) is 7.24. The Morgan fingerprint density at radius 2 is 1.77 bits per heavy atom. The first kappa shape index (κ1) is 26.1. The number of nitrogens with zero attached hydrogens (tertiary/aromatic N) is 5. The molecule has 10 nitrogen and oxygen atoms in total. The Balaban J connectivity index is 1.73. The summed E-state index contributed by atoms with van der Waals surface area (Å²) in [6.07, 6.45) is 3.08. The lowest BCUT2D eigenvalue weighted by atomic mass is 9.87. The van der Waals surface area contributed by atoms with Crippen molar-refractivity contribution in [1.82, 2.24) is 19.5 Å². The summed E-state index contributed by atoms with van der Waals surface area (Å²) in [7, 11) is 3.04. The van der Waals surface area contributed by atoms with Crippen molar-refractivity contribution in [2.45, 2.75) is 32.4 Å². The predicted octanol–water partition coefficient (Wildman–Crippen LogP) is 5.41. The van der Waals surface area contributed by atoms with Crippen LogP contribution < -0.4 is 19.7 Å². The van der Waals surface area contributed by atoms with E-state index >= 15 is 0 Å². The summed E-state index contributed by atoms with van der Waals surface area (Å²) in [5.74, 6) is 0.342. The SMILES string of the molecule is COc1cc(OC)c(-c2nc3c(n2C(C)C)C2(C(=O)Nc4cc(Cl)ccc42)N(c2cc(Cl)cnc2C)C3=O)cn1. The minimum absolute atomic E-state index is 0.124. The molecule has 2 aliphatic heterocycles. The van der Waals surface area contributed by atoms with Crippen LogP contribution in [0.4, 0.5) is 11.4 Å². The fraction of sp³-hybridized carbons (Fsp3) is 0.250. The number of ether oxygens (including phenoxy) is 2. The van der Waals surface area contributed by atoms with Crippen LogP contribution in [0.15, 0.2) is 42.7 Å². The minimum atomic E-state index is -1.62. The van der Waals surface area contributed by atoms with Crippen LogP contribution in [-0.2, 0) is 10.3 Å². The standard InChI is InChI=1S/C28H24Cl2N6O4/c1-13(2)35-24-23(34-25(35)17-12-32-22(40-5)10-21(17)39-4)26(37)36(20-9-16(30)11-31-14(20)3)28(24)18-7-6-15(29)8-19(18)33-27(28)38/h6-13H,1-5H3,(H,33,38). The van der Waals surface area contributed by atoms with E-state index in [1.807, 2.05) is 18.4 Å². The van der Waals surface area contributed by atoms with E-state index in [9.17, 15) is 9.59 Å². The number of methoxy groups -OCH3 is 2. The number of fused-ring (bicyclic) bond motifs is 4. The zero-order valence-electron chi connectivity index (χ0n) is 22.2. The Morgan fingerprint density at radius 3 is 2.48 bits per heavy atom. The van der Waals surface area contributed by atoms with Gasteiger partial charge in [-0.2, -0.15) is 0 Å². The third-order valence-corrected chi connectivity index (χ3v) is 7.68. The molecule has 1 unspecified atom stereocenters. The van der Waals surface area contributed by atoms with Gasteiger partial charge in [-0.15, -0.1) is 0 Å². The van der Waals surface area contributed by atoms with Crippen LogP contribution in [0.1, 0.15) is 47.3 Å². The fourth-order valence-corrected chi connectivity index (χ4v) is 5.92. The van der Waals surface area contributed by atoms with Gasteiger partial charge in [-0.25, -0.2) is 9.97 Å². The maximum absolute atomic E-state index is 14.4. The molecule has 4 aromatic rings. The van der Waals surface area contributed by atoms with Gasteiger partial charge in [0, 0.05) is 40.8 Å². The number of pyridine rings is 2. The highest BCUT2D eigenvalue weighted by molar-refractivity contribution is 6.32. The maximum atomic E-state index is 14.4. The molecule has 3 aromatic heterocycles. The van der Waals surface area contributed by atoms with E-state index < -0.39 is 17.4 Å². The van der Waals surface area contributed by atoms with Crippen LogP contribution >= 0.6 is 23.2 Å². The van der Waals surface area contributed by atoms with Gasteiger partial charge < -0.3 is 19.4 Å². The van der Waals surface area contributed by atoms with Gasteiger partial charge in [-0.1, -0.05) is 29.3 Å². The van der Waals surface area contributed by atoms with Crippen LogP contribution in [0.3, 0.4) is 0 Å². The lowest BCUT2D eigenvalue weighted by molar-refractivity contribution is -0.119. The van der Waals surface area contributed by atoms with Crippen LogP contribution in [-0.4, -0.2) is 45.6 Å². The molecule has 0 saturated carbocycles. The Hall–Kier alpha value is -4.15. The molecule has 0 radical (unpaired) electrons. The quantitative estimate of drug-likeness (QED) is 0.337. The van der Waals surface area contributed by atoms with Gasteiger partial charge in [-0.3, -0.25) is 19.5 Å². The number of rotatable bonds is 5. The lowest BCUT2D eigenvalue weighted by Gasteiger charge is -2.36. The number of imidazole rings is 1. The molecule has 0 fully saturated rings. The van der Waals surface area contributed by atoms with E-state index in [0.717, 1.165) is 0 Å². The predicted molar refractivity (Wildman–Crippen MR) is 151 cm³/mol. The molecule has 0 saturated heterocycles. The first-order chi connectivity index (χ1) is 19.1. The molecule has 1 N–H and O–H groups in total. The Bertz CT molecular complexity index is 1740. The van der Waals surface area contributed by atoms with Crippen LogP contribution in [0.25, 0.3) is 11.4 Å². The van der Waals surface area contributed by atoms with E-state index in [1.165, 1.54) is 25.3 Å². The van der Waals surface area contributed by atoms with E-state index in [0.29, 0.717) is 61.4 Å². The van der Waals surface area contributed by atoms with Crippen molar-refractivity contribution in [2.75, 3.05) is 24.4 Å². The van der Waals surface area contributed by atoms with E-state index in [2.05, 4.69) is 15.3 Å². The number of anilines is 2. The molecule has 1 aromatic carbocycles. The summed E-state index contributed by atoms with van der Waals surface area (Å²) in [5, 5.41) is 3.72.